The molecule has 1 heterocycles. The van der Waals surface area contributed by atoms with Crippen molar-refractivity contribution in [1.82, 2.24) is 14.7 Å². The van der Waals surface area contributed by atoms with Gasteiger partial charge in [0.1, 0.15) is 5.82 Å². The van der Waals surface area contributed by atoms with Crippen molar-refractivity contribution in [1.29, 1.82) is 5.26 Å². The van der Waals surface area contributed by atoms with E-state index in [4.69, 9.17) is 11.6 Å². The summed E-state index contributed by atoms with van der Waals surface area (Å²) in [5.41, 5.74) is 2.63. The first-order chi connectivity index (χ1) is 17.9. The van der Waals surface area contributed by atoms with Crippen molar-refractivity contribution < 1.29 is 9.18 Å². The van der Waals surface area contributed by atoms with Crippen LogP contribution in [0.5, 0.6) is 0 Å². The van der Waals surface area contributed by atoms with Crippen molar-refractivity contribution in [3.05, 3.63) is 64.4 Å². The van der Waals surface area contributed by atoms with E-state index in [0.29, 0.717) is 23.7 Å². The zero-order valence-corrected chi connectivity index (χ0v) is 22.2. The third-order valence-electron chi connectivity index (χ3n) is 8.62. The minimum absolute atomic E-state index is 0.000513. The van der Waals surface area contributed by atoms with E-state index in [1.807, 2.05) is 23.1 Å². The number of fused-ring (bicyclic) bond motifs is 1. The van der Waals surface area contributed by atoms with Gasteiger partial charge in [-0.05, 0) is 92.9 Å². The highest BCUT2D eigenvalue weighted by Gasteiger charge is 2.58. The lowest BCUT2D eigenvalue weighted by molar-refractivity contribution is 0.134. The summed E-state index contributed by atoms with van der Waals surface area (Å²) >= 11 is 5.96. The first-order valence-corrected chi connectivity index (χ1v) is 13.7. The van der Waals surface area contributed by atoms with Gasteiger partial charge >= 0.3 is 6.03 Å². The van der Waals surface area contributed by atoms with Gasteiger partial charge < -0.3 is 20.0 Å². The number of carbonyl (C=O) groups excluding carboxylic acids is 1. The van der Waals surface area contributed by atoms with E-state index < -0.39 is 5.82 Å². The molecule has 1 aliphatic heterocycles. The molecule has 2 aromatic carbocycles. The number of amides is 2. The zero-order chi connectivity index (χ0) is 26.0. The summed E-state index contributed by atoms with van der Waals surface area (Å²) in [4.78, 5) is 20.3. The van der Waals surface area contributed by atoms with Gasteiger partial charge in [0.25, 0.3) is 0 Å². The summed E-state index contributed by atoms with van der Waals surface area (Å²) in [5, 5.41) is 12.3. The summed E-state index contributed by atoms with van der Waals surface area (Å²) in [6.45, 7) is 5.94. The maximum atomic E-state index is 13.6. The Labute approximate surface area is 224 Å². The predicted molar refractivity (Wildman–Crippen MR) is 144 cm³/mol. The number of nitrogens with one attached hydrogen (secondary N) is 1. The first kappa shape index (κ1) is 26.0. The predicted octanol–water partition coefficient (Wildman–Crippen LogP) is 5.33. The van der Waals surface area contributed by atoms with Gasteiger partial charge in [0.05, 0.1) is 16.7 Å². The van der Waals surface area contributed by atoms with Crippen LogP contribution in [0.2, 0.25) is 5.02 Å². The Kier molecular flexibility index (Phi) is 7.71. The van der Waals surface area contributed by atoms with Crippen molar-refractivity contribution in [3.63, 3.8) is 0 Å². The van der Waals surface area contributed by atoms with Crippen molar-refractivity contribution in [2.75, 3.05) is 51.6 Å². The summed E-state index contributed by atoms with van der Waals surface area (Å²) in [6, 6.07) is 14.6. The van der Waals surface area contributed by atoms with E-state index in [-0.39, 0.29) is 22.5 Å². The number of hydrogen-bond donors (Lipinski definition) is 1. The largest absolute Gasteiger partial charge is 0.322 e. The molecule has 2 amide bonds. The highest BCUT2D eigenvalue weighted by atomic mass is 35.5. The highest BCUT2D eigenvalue weighted by molar-refractivity contribution is 6.31. The van der Waals surface area contributed by atoms with Crippen molar-refractivity contribution in [2.45, 2.75) is 43.6 Å². The van der Waals surface area contributed by atoms with Crippen LogP contribution in [0.4, 0.5) is 14.9 Å². The summed E-state index contributed by atoms with van der Waals surface area (Å²) in [7, 11) is 2.16. The van der Waals surface area contributed by atoms with Crippen LogP contribution < -0.4 is 5.32 Å². The molecule has 3 fully saturated rings. The van der Waals surface area contributed by atoms with Crippen LogP contribution in [0.1, 0.15) is 43.2 Å². The molecule has 196 valence electrons. The topological polar surface area (TPSA) is 62.6 Å². The van der Waals surface area contributed by atoms with Gasteiger partial charge in [0, 0.05) is 44.5 Å². The molecule has 37 heavy (non-hydrogen) atoms. The lowest BCUT2D eigenvalue weighted by Crippen LogP contribution is -2.48. The molecule has 0 spiro atoms. The average Bonchev–Trinajstić information content (AvgIpc) is 3.65. The number of rotatable bonds is 7. The SMILES string of the molecule is CN1CCN(CCCN(C(=O)Nc2ccc(F)c(Cl)c2)[C@@H]2CC[C@@]3(c4cccc(C#N)c4)C[C@H]3C2)CC1. The summed E-state index contributed by atoms with van der Waals surface area (Å²) in [6.07, 6.45) is 4.94. The monoisotopic (exact) mass is 523 g/mol. The Hall–Kier alpha value is -2.66. The van der Waals surface area contributed by atoms with Gasteiger partial charge in [-0.2, -0.15) is 5.26 Å². The molecular formula is C29H35ClFN5O. The maximum absolute atomic E-state index is 13.6. The lowest BCUT2D eigenvalue weighted by Gasteiger charge is -2.38. The second kappa shape index (κ2) is 11.0. The van der Waals surface area contributed by atoms with Gasteiger partial charge in [-0.15, -0.1) is 0 Å². The minimum Gasteiger partial charge on any atom is -0.321 e. The number of hydrogen-bond acceptors (Lipinski definition) is 4. The van der Waals surface area contributed by atoms with Gasteiger partial charge in [-0.3, -0.25) is 0 Å². The van der Waals surface area contributed by atoms with Gasteiger partial charge in [-0.1, -0.05) is 23.7 Å². The lowest BCUT2D eigenvalue weighted by atomic mass is 9.80. The van der Waals surface area contributed by atoms with Crippen LogP contribution in [0.3, 0.4) is 0 Å². The molecule has 0 aromatic heterocycles. The zero-order valence-electron chi connectivity index (χ0n) is 21.4. The quantitative estimate of drug-likeness (QED) is 0.532. The Morgan fingerprint density at radius 2 is 2.05 bits per heavy atom. The molecule has 6 nitrogen and oxygen atoms in total. The number of benzene rings is 2. The Morgan fingerprint density at radius 3 is 2.78 bits per heavy atom. The van der Waals surface area contributed by atoms with E-state index in [2.05, 4.69) is 34.3 Å². The summed E-state index contributed by atoms with van der Waals surface area (Å²) < 4.78 is 13.6. The van der Waals surface area contributed by atoms with E-state index >= 15 is 0 Å². The highest BCUT2D eigenvalue weighted by Crippen LogP contribution is 2.62. The molecule has 1 N–H and O–H groups in total. The van der Waals surface area contributed by atoms with Crippen molar-refractivity contribution in [3.8, 4) is 6.07 Å². The second-order valence-corrected chi connectivity index (χ2v) is 11.3. The normalized spacial score (nSPS) is 25.7. The van der Waals surface area contributed by atoms with Crippen molar-refractivity contribution >= 4 is 23.3 Å². The second-order valence-electron chi connectivity index (χ2n) is 10.9. The van der Waals surface area contributed by atoms with Gasteiger partial charge in [0.15, 0.2) is 0 Å². The molecule has 2 aromatic rings. The minimum atomic E-state index is -0.499. The Morgan fingerprint density at radius 1 is 1.24 bits per heavy atom. The van der Waals surface area contributed by atoms with E-state index in [1.54, 1.807) is 6.07 Å². The summed E-state index contributed by atoms with van der Waals surface area (Å²) in [5.74, 6) is 0.0231. The molecular weight excluding hydrogens is 489 g/mol. The van der Waals surface area contributed by atoms with Gasteiger partial charge in [0.2, 0.25) is 0 Å². The first-order valence-electron chi connectivity index (χ1n) is 13.3. The molecule has 2 saturated carbocycles. The number of urea groups is 1. The number of likely N-dealkylation sites (N-methyl/N-ethyl adjacent to an activating group) is 1. The molecule has 3 aliphatic rings. The number of anilines is 1. The maximum Gasteiger partial charge on any atom is 0.322 e. The van der Waals surface area contributed by atoms with Crippen LogP contribution >= 0.6 is 11.6 Å². The van der Waals surface area contributed by atoms with Crippen LogP contribution in [-0.4, -0.2) is 73.1 Å². The Bertz CT molecular complexity index is 1180. The molecule has 1 saturated heterocycles. The fraction of sp³-hybridized carbons (Fsp3) is 0.517. The molecule has 0 bridgehead atoms. The molecule has 8 heteroatoms. The fourth-order valence-electron chi connectivity index (χ4n) is 6.30. The standard InChI is InChI=1S/C29H35ClFN5O/c1-34-12-14-35(15-13-34)10-3-11-36(28(37)33-24-6-7-27(31)26(30)18-24)25-8-9-29(19-23(29)17-25)22-5-2-4-21(16-22)20-32/h2,4-7,16,18,23,25H,3,8-15,17,19H2,1H3,(H,33,37)/t23-,25-,29+/m1/s1. The third-order valence-corrected chi connectivity index (χ3v) is 8.91. The smallest absolute Gasteiger partial charge is 0.321 e. The molecule has 0 unspecified atom stereocenters. The van der Waals surface area contributed by atoms with E-state index in [0.717, 1.165) is 64.8 Å². The van der Waals surface area contributed by atoms with Crippen LogP contribution in [0.25, 0.3) is 0 Å². The van der Waals surface area contributed by atoms with E-state index in [9.17, 15) is 14.4 Å². The van der Waals surface area contributed by atoms with E-state index in [1.165, 1.54) is 17.7 Å². The molecule has 2 aliphatic carbocycles. The number of piperazine rings is 1. The number of nitriles is 1. The molecule has 5 rings (SSSR count). The molecule has 3 atom stereocenters. The molecule has 0 radical (unpaired) electrons. The van der Waals surface area contributed by atoms with Crippen molar-refractivity contribution in [2.24, 2.45) is 5.92 Å². The Balaban J connectivity index is 1.26. The fourth-order valence-corrected chi connectivity index (χ4v) is 6.48. The third kappa shape index (κ3) is 5.77. The average molecular weight is 524 g/mol. The van der Waals surface area contributed by atoms with Crippen LogP contribution in [-0.2, 0) is 5.41 Å². The number of carbonyl (C=O) groups is 1. The van der Waals surface area contributed by atoms with Crippen LogP contribution in [0, 0.1) is 23.1 Å². The van der Waals surface area contributed by atoms with Crippen LogP contribution in [0.15, 0.2) is 42.5 Å². The number of halogens is 2. The van der Waals surface area contributed by atoms with Gasteiger partial charge in [-0.25, -0.2) is 9.18 Å². The number of nitrogens with zero attached hydrogens (tertiary/aromatic N) is 4.